The lowest BCUT2D eigenvalue weighted by atomic mass is 10.0. The molecule has 0 aliphatic heterocycles. The summed E-state index contributed by atoms with van der Waals surface area (Å²) >= 11 is 1.63. The van der Waals surface area contributed by atoms with E-state index < -0.39 is 5.97 Å². The summed E-state index contributed by atoms with van der Waals surface area (Å²) < 4.78 is 21.1. The molecular formula is C26H26FN3O3S. The van der Waals surface area contributed by atoms with E-state index in [1.165, 1.54) is 12.4 Å². The lowest BCUT2D eigenvalue weighted by Gasteiger charge is -2.13. The molecule has 0 bridgehead atoms. The number of nitrogens with one attached hydrogen (secondary N) is 1. The van der Waals surface area contributed by atoms with E-state index in [2.05, 4.69) is 15.3 Å². The third-order valence-corrected chi connectivity index (χ3v) is 7.03. The summed E-state index contributed by atoms with van der Waals surface area (Å²) in [4.78, 5) is 21.4. The van der Waals surface area contributed by atoms with Gasteiger partial charge >= 0.3 is 5.97 Å². The van der Waals surface area contributed by atoms with E-state index in [1.807, 2.05) is 32.9 Å². The fraction of sp³-hybridized carbons (Fsp3) is 0.269. The van der Waals surface area contributed by atoms with Gasteiger partial charge in [-0.15, -0.1) is 11.3 Å². The number of hydrogen-bond acceptors (Lipinski definition) is 6. The van der Waals surface area contributed by atoms with Crippen LogP contribution in [0.4, 0.5) is 10.2 Å². The Morgan fingerprint density at radius 1 is 1.15 bits per heavy atom. The molecule has 8 heteroatoms. The molecule has 2 aromatic carbocycles. The summed E-state index contributed by atoms with van der Waals surface area (Å²) in [6.07, 6.45) is 2.12. The van der Waals surface area contributed by atoms with Crippen LogP contribution in [0, 0.1) is 26.6 Å². The average molecular weight is 480 g/mol. The summed E-state index contributed by atoms with van der Waals surface area (Å²) in [6, 6.07) is 8.64. The second-order valence-electron chi connectivity index (χ2n) is 8.07. The molecule has 176 valence electrons. The first-order chi connectivity index (χ1) is 16.3. The summed E-state index contributed by atoms with van der Waals surface area (Å²) in [5, 5.41) is 13.6. The van der Waals surface area contributed by atoms with Crippen molar-refractivity contribution in [2.24, 2.45) is 0 Å². The number of anilines is 1. The molecule has 2 heterocycles. The fourth-order valence-corrected chi connectivity index (χ4v) is 5.33. The average Bonchev–Trinajstić information content (AvgIpc) is 3.13. The van der Waals surface area contributed by atoms with E-state index in [0.29, 0.717) is 47.8 Å². The zero-order valence-electron chi connectivity index (χ0n) is 19.5. The Labute approximate surface area is 201 Å². The molecule has 0 saturated heterocycles. The number of aromatic carboxylic acids is 1. The predicted molar refractivity (Wildman–Crippen MR) is 134 cm³/mol. The fourth-order valence-electron chi connectivity index (χ4n) is 4.14. The molecule has 6 nitrogen and oxygen atoms in total. The number of halogens is 1. The number of nitrogens with zero attached hydrogens (tertiary/aromatic N) is 2. The van der Waals surface area contributed by atoms with Gasteiger partial charge in [-0.1, -0.05) is 6.07 Å². The molecule has 4 rings (SSSR count). The van der Waals surface area contributed by atoms with Crippen LogP contribution in [-0.2, 0) is 6.42 Å². The monoisotopic (exact) mass is 479 g/mol. The third kappa shape index (κ3) is 4.59. The van der Waals surface area contributed by atoms with Gasteiger partial charge in [-0.2, -0.15) is 0 Å². The van der Waals surface area contributed by atoms with Gasteiger partial charge in [0.25, 0.3) is 0 Å². The van der Waals surface area contributed by atoms with Gasteiger partial charge < -0.3 is 15.2 Å². The van der Waals surface area contributed by atoms with Crippen molar-refractivity contribution < 1.29 is 19.0 Å². The first-order valence-electron chi connectivity index (χ1n) is 11.0. The minimum atomic E-state index is -1.03. The van der Waals surface area contributed by atoms with Crippen LogP contribution in [0.3, 0.4) is 0 Å². The lowest BCUT2D eigenvalue weighted by molar-refractivity contribution is 0.0691. The smallest absolute Gasteiger partial charge is 0.339 e. The quantitative estimate of drug-likeness (QED) is 0.314. The van der Waals surface area contributed by atoms with Gasteiger partial charge in [0.1, 0.15) is 29.3 Å². The van der Waals surface area contributed by atoms with Gasteiger partial charge in [-0.25, -0.2) is 19.2 Å². The summed E-state index contributed by atoms with van der Waals surface area (Å²) in [5.41, 5.74) is 4.24. The van der Waals surface area contributed by atoms with Crippen molar-refractivity contribution in [2.45, 2.75) is 34.1 Å². The normalized spacial score (nSPS) is 11.1. The number of carbonyl (C=O) groups is 1. The minimum absolute atomic E-state index is 0.152. The van der Waals surface area contributed by atoms with Gasteiger partial charge in [0.05, 0.1) is 12.3 Å². The van der Waals surface area contributed by atoms with Crippen molar-refractivity contribution in [3.8, 4) is 17.0 Å². The molecule has 0 radical (unpaired) electrons. The van der Waals surface area contributed by atoms with Crippen LogP contribution < -0.4 is 10.1 Å². The number of carboxylic acids is 1. The topological polar surface area (TPSA) is 84.3 Å². The summed E-state index contributed by atoms with van der Waals surface area (Å²) in [6.45, 7) is 8.52. The summed E-state index contributed by atoms with van der Waals surface area (Å²) in [5.74, 6) is -0.262. The molecule has 4 aromatic rings. The van der Waals surface area contributed by atoms with E-state index >= 15 is 0 Å². The van der Waals surface area contributed by atoms with Crippen molar-refractivity contribution in [2.75, 3.05) is 18.5 Å². The first kappa shape index (κ1) is 23.6. The van der Waals surface area contributed by atoms with Crippen LogP contribution in [0.2, 0.25) is 0 Å². The molecule has 2 N–H and O–H groups in total. The van der Waals surface area contributed by atoms with E-state index in [0.717, 1.165) is 26.3 Å². The number of fused-ring (bicyclic) bond motifs is 1. The number of aryl methyl sites for hydroxylation is 3. The second-order valence-corrected chi connectivity index (χ2v) is 9.30. The number of hydrogen-bond donors (Lipinski definition) is 2. The Morgan fingerprint density at radius 3 is 2.68 bits per heavy atom. The minimum Gasteiger partial charge on any atom is -0.493 e. The van der Waals surface area contributed by atoms with Crippen molar-refractivity contribution in [1.82, 2.24) is 9.97 Å². The number of aromatic nitrogens is 2. The van der Waals surface area contributed by atoms with Gasteiger partial charge in [-0.05, 0) is 69.0 Å². The molecule has 34 heavy (non-hydrogen) atoms. The van der Waals surface area contributed by atoms with Crippen LogP contribution in [0.5, 0.6) is 5.75 Å². The Balaban J connectivity index is 1.56. The predicted octanol–water partition coefficient (Wildman–Crippen LogP) is 6.17. The number of thiophene rings is 1. The van der Waals surface area contributed by atoms with Crippen molar-refractivity contribution in [1.29, 1.82) is 0 Å². The molecule has 0 aliphatic carbocycles. The Hall–Kier alpha value is -3.52. The molecule has 0 unspecified atom stereocenters. The Kier molecular flexibility index (Phi) is 6.79. The highest BCUT2D eigenvalue weighted by atomic mass is 32.1. The highest BCUT2D eigenvalue weighted by molar-refractivity contribution is 7.19. The second kappa shape index (κ2) is 9.77. The maximum Gasteiger partial charge on any atom is 0.339 e. The van der Waals surface area contributed by atoms with E-state index in [4.69, 9.17) is 4.74 Å². The van der Waals surface area contributed by atoms with Crippen molar-refractivity contribution in [3.63, 3.8) is 0 Å². The van der Waals surface area contributed by atoms with E-state index in [1.54, 1.807) is 30.4 Å². The highest BCUT2D eigenvalue weighted by Crippen LogP contribution is 2.35. The number of carboxylic acid groups (broad SMARTS) is 1. The van der Waals surface area contributed by atoms with Crippen LogP contribution in [-0.4, -0.2) is 34.2 Å². The molecule has 0 spiro atoms. The molecule has 2 aromatic heterocycles. The van der Waals surface area contributed by atoms with Crippen LogP contribution in [0.15, 0.2) is 36.7 Å². The van der Waals surface area contributed by atoms with Crippen molar-refractivity contribution in [3.05, 3.63) is 69.6 Å². The number of ether oxygens (including phenoxy) is 1. The third-order valence-electron chi connectivity index (χ3n) is 5.74. The van der Waals surface area contributed by atoms with Gasteiger partial charge in [0.2, 0.25) is 0 Å². The molecule has 0 amide bonds. The van der Waals surface area contributed by atoms with Gasteiger partial charge in [-0.3, -0.25) is 0 Å². The highest BCUT2D eigenvalue weighted by Gasteiger charge is 2.18. The Morgan fingerprint density at radius 2 is 1.94 bits per heavy atom. The zero-order valence-corrected chi connectivity index (χ0v) is 20.3. The molecule has 0 fully saturated rings. The first-order valence-corrected chi connectivity index (χ1v) is 11.9. The summed E-state index contributed by atoms with van der Waals surface area (Å²) in [7, 11) is 0. The Bertz CT molecular complexity index is 1380. The molecule has 0 saturated carbocycles. The van der Waals surface area contributed by atoms with Gasteiger partial charge in [0.15, 0.2) is 0 Å². The van der Waals surface area contributed by atoms with Crippen LogP contribution in [0.25, 0.3) is 21.3 Å². The van der Waals surface area contributed by atoms with Gasteiger partial charge in [0, 0.05) is 33.1 Å². The maximum atomic E-state index is 14.5. The van der Waals surface area contributed by atoms with Crippen LogP contribution >= 0.6 is 11.3 Å². The zero-order chi connectivity index (χ0) is 24.4. The van der Waals surface area contributed by atoms with Crippen molar-refractivity contribution >= 4 is 33.2 Å². The molecule has 0 atom stereocenters. The van der Waals surface area contributed by atoms with Crippen LogP contribution in [0.1, 0.15) is 38.8 Å². The standard InChI is InChI=1S/C26H26FN3O3S/c1-5-33-21-11-17(10-15(3)23(21)26(31)32)20-12-22(30-13-29-20)28-9-8-18-16(4)34-25-14(2)6-7-19(27)24(18)25/h6-7,10-13H,5,8-9H2,1-4H3,(H,31,32)(H,28,29,30). The largest absolute Gasteiger partial charge is 0.493 e. The maximum absolute atomic E-state index is 14.5. The van der Waals surface area contributed by atoms with E-state index in [9.17, 15) is 14.3 Å². The lowest BCUT2D eigenvalue weighted by Crippen LogP contribution is -2.08. The SMILES string of the molecule is CCOc1cc(-c2cc(NCCc3c(C)sc4c(C)ccc(F)c34)ncn2)cc(C)c1C(=O)O. The number of rotatable bonds is 8. The molecular weight excluding hydrogens is 453 g/mol. The molecule has 0 aliphatic rings. The van der Waals surface area contributed by atoms with E-state index in [-0.39, 0.29) is 11.4 Å². The number of benzene rings is 2.